The molecule has 1 amide bonds. The van der Waals surface area contributed by atoms with Crippen molar-refractivity contribution in [3.05, 3.63) is 34.8 Å². The molecule has 0 saturated carbocycles. The molecular formula is C22H31BrN2O3. The number of nitrogens with one attached hydrogen (secondary N) is 1. The van der Waals surface area contributed by atoms with E-state index in [2.05, 4.69) is 47.3 Å². The fourth-order valence-corrected chi connectivity index (χ4v) is 3.95. The van der Waals surface area contributed by atoms with Crippen molar-refractivity contribution in [2.45, 2.75) is 58.8 Å². The number of unbranched alkanes of at least 4 members (excludes halogenated alkanes) is 3. The van der Waals surface area contributed by atoms with Gasteiger partial charge < -0.3 is 4.90 Å². The first-order valence-electron chi connectivity index (χ1n) is 9.93. The lowest BCUT2D eigenvalue weighted by atomic mass is 9.82. The third-order valence-electron chi connectivity index (χ3n) is 5.37. The zero-order valence-electron chi connectivity index (χ0n) is 16.9. The second-order valence-corrected chi connectivity index (χ2v) is 9.26. The first kappa shape index (κ1) is 22.6. The van der Waals surface area contributed by atoms with Crippen molar-refractivity contribution in [1.29, 1.82) is 0 Å². The Morgan fingerprint density at radius 1 is 1.29 bits per heavy atom. The molecule has 2 rings (SSSR count). The fraction of sp³-hybridized carbons (Fsp3) is 0.545. The van der Waals surface area contributed by atoms with Crippen molar-refractivity contribution in [3.8, 4) is 0 Å². The summed E-state index contributed by atoms with van der Waals surface area (Å²) in [5.41, 5.74) is 4.18. The molecule has 154 valence electrons. The van der Waals surface area contributed by atoms with Crippen LogP contribution < -0.4 is 10.4 Å². The molecule has 0 aromatic heterocycles. The Morgan fingerprint density at radius 2 is 2.00 bits per heavy atom. The van der Waals surface area contributed by atoms with Gasteiger partial charge in [0, 0.05) is 47.2 Å². The predicted molar refractivity (Wildman–Crippen MR) is 116 cm³/mol. The van der Waals surface area contributed by atoms with Crippen LogP contribution in [-0.2, 0) is 9.59 Å². The summed E-state index contributed by atoms with van der Waals surface area (Å²) in [6, 6.07) is 6.08. The number of hydrogen-bond donors (Lipinski definition) is 2. The maximum atomic E-state index is 12.7. The number of hydroxylamine groups is 1. The third kappa shape index (κ3) is 6.45. The van der Waals surface area contributed by atoms with Gasteiger partial charge in [-0.15, -0.1) is 0 Å². The smallest absolute Gasteiger partial charge is 0.243 e. The molecule has 1 aromatic carbocycles. The highest BCUT2D eigenvalue weighted by molar-refractivity contribution is 9.10. The van der Waals surface area contributed by atoms with Crippen LogP contribution in [0.1, 0.15) is 64.4 Å². The normalized spacial score (nSPS) is 16.8. The molecule has 1 aliphatic rings. The van der Waals surface area contributed by atoms with E-state index in [0.29, 0.717) is 18.4 Å². The summed E-state index contributed by atoms with van der Waals surface area (Å²) in [4.78, 5) is 26.2. The Kier molecular flexibility index (Phi) is 8.25. The van der Waals surface area contributed by atoms with Crippen LogP contribution in [0.4, 0.5) is 5.69 Å². The van der Waals surface area contributed by atoms with Crippen LogP contribution in [0.2, 0.25) is 0 Å². The minimum Gasteiger partial charge on any atom is -0.371 e. The van der Waals surface area contributed by atoms with Crippen molar-refractivity contribution in [2.75, 3.05) is 18.0 Å². The standard InChI is InChI=1S/C22H31BrN2O3/c1-16-18-14-17(23)9-10-19(18)25(13-11-22(2,3)15-20(16)26)12-7-5-4-6-8-21(27)24-28/h9-10,14,28H,1,4-8,11-13,15H2,2-3H3,(H,24,27). The van der Waals surface area contributed by atoms with Crippen molar-refractivity contribution in [1.82, 2.24) is 5.48 Å². The lowest BCUT2D eigenvalue weighted by molar-refractivity contribution is -0.129. The number of halogens is 1. The van der Waals surface area contributed by atoms with Gasteiger partial charge in [0.25, 0.3) is 0 Å². The molecule has 5 nitrogen and oxygen atoms in total. The number of ketones is 1. The Balaban J connectivity index is 2.09. The number of fused-ring (bicyclic) bond motifs is 1. The van der Waals surface area contributed by atoms with Crippen molar-refractivity contribution in [2.24, 2.45) is 5.41 Å². The van der Waals surface area contributed by atoms with Crippen molar-refractivity contribution < 1.29 is 14.8 Å². The SMILES string of the molecule is C=C1C(=O)CC(C)(C)CCN(CCCCCCC(=O)NO)c2ccc(Br)cc21. The van der Waals surface area contributed by atoms with Gasteiger partial charge in [-0.05, 0) is 42.9 Å². The number of carbonyl (C=O) groups is 2. The third-order valence-corrected chi connectivity index (χ3v) is 5.86. The van der Waals surface area contributed by atoms with E-state index in [1.54, 1.807) is 5.48 Å². The molecule has 0 saturated heterocycles. The quantitative estimate of drug-likeness (QED) is 0.262. The van der Waals surface area contributed by atoms with Crippen LogP contribution in [0.15, 0.2) is 29.3 Å². The maximum absolute atomic E-state index is 12.7. The van der Waals surface area contributed by atoms with Gasteiger partial charge in [0.1, 0.15) is 0 Å². The number of allylic oxidation sites excluding steroid dienone is 1. The zero-order chi connectivity index (χ0) is 20.7. The number of amides is 1. The van der Waals surface area contributed by atoms with Gasteiger partial charge >= 0.3 is 0 Å². The lowest BCUT2D eigenvalue weighted by Crippen LogP contribution is -2.29. The second-order valence-electron chi connectivity index (χ2n) is 8.34. The molecule has 2 N–H and O–H groups in total. The summed E-state index contributed by atoms with van der Waals surface area (Å²) in [6.45, 7) is 10.2. The molecule has 0 bridgehead atoms. The summed E-state index contributed by atoms with van der Waals surface area (Å²) >= 11 is 3.52. The van der Waals surface area contributed by atoms with Crippen molar-refractivity contribution in [3.63, 3.8) is 0 Å². The summed E-state index contributed by atoms with van der Waals surface area (Å²) < 4.78 is 0.945. The number of benzene rings is 1. The second kappa shape index (κ2) is 10.2. The van der Waals surface area contributed by atoms with E-state index in [1.807, 2.05) is 12.1 Å². The van der Waals surface area contributed by atoms with E-state index in [4.69, 9.17) is 5.21 Å². The van der Waals surface area contributed by atoms with E-state index in [0.717, 1.165) is 60.9 Å². The molecule has 1 aliphatic heterocycles. The topological polar surface area (TPSA) is 69.6 Å². The highest BCUT2D eigenvalue weighted by Crippen LogP contribution is 2.37. The van der Waals surface area contributed by atoms with Gasteiger partial charge in [-0.1, -0.05) is 49.2 Å². The molecule has 0 unspecified atom stereocenters. The molecular weight excluding hydrogens is 420 g/mol. The molecule has 1 heterocycles. The molecule has 28 heavy (non-hydrogen) atoms. The minimum absolute atomic E-state index is 0.0603. The number of nitrogens with zero attached hydrogens (tertiary/aromatic N) is 1. The Morgan fingerprint density at radius 3 is 2.71 bits per heavy atom. The minimum atomic E-state index is -0.329. The van der Waals surface area contributed by atoms with E-state index in [-0.39, 0.29) is 17.1 Å². The van der Waals surface area contributed by atoms with Crippen LogP contribution in [-0.4, -0.2) is 30.0 Å². The van der Waals surface area contributed by atoms with Crippen molar-refractivity contribution >= 4 is 38.9 Å². The van der Waals surface area contributed by atoms with Crippen LogP contribution in [0.25, 0.3) is 5.57 Å². The van der Waals surface area contributed by atoms with Crippen LogP contribution in [0, 0.1) is 5.41 Å². The summed E-state index contributed by atoms with van der Waals surface area (Å²) in [5, 5.41) is 8.53. The van der Waals surface area contributed by atoms with Gasteiger partial charge in [-0.2, -0.15) is 0 Å². The first-order chi connectivity index (χ1) is 13.2. The van der Waals surface area contributed by atoms with Gasteiger partial charge in [0.2, 0.25) is 5.91 Å². The van der Waals surface area contributed by atoms with Crippen LogP contribution in [0.3, 0.4) is 0 Å². The zero-order valence-corrected chi connectivity index (χ0v) is 18.5. The van der Waals surface area contributed by atoms with E-state index >= 15 is 0 Å². The summed E-state index contributed by atoms with van der Waals surface area (Å²) in [6.07, 6.45) is 5.56. The number of Topliss-reactive ketones (excluding diaryl/α,β-unsaturated/α-hetero) is 1. The van der Waals surface area contributed by atoms with Crippen LogP contribution >= 0.6 is 15.9 Å². The van der Waals surface area contributed by atoms with Gasteiger partial charge in [0.05, 0.1) is 0 Å². The molecule has 0 aliphatic carbocycles. The molecule has 6 heteroatoms. The number of hydrogen-bond acceptors (Lipinski definition) is 4. The van der Waals surface area contributed by atoms with Gasteiger partial charge in [-0.25, -0.2) is 5.48 Å². The molecule has 1 aromatic rings. The summed E-state index contributed by atoms with van der Waals surface area (Å²) in [5.74, 6) is -0.210. The van der Waals surface area contributed by atoms with E-state index in [1.165, 1.54) is 0 Å². The monoisotopic (exact) mass is 450 g/mol. The predicted octanol–water partition coefficient (Wildman–Crippen LogP) is 5.11. The van der Waals surface area contributed by atoms with Gasteiger partial charge in [-0.3, -0.25) is 14.8 Å². The average Bonchev–Trinajstić information content (AvgIpc) is 2.68. The maximum Gasteiger partial charge on any atom is 0.243 e. The molecule has 0 fully saturated rings. The lowest BCUT2D eigenvalue weighted by Gasteiger charge is -2.30. The largest absolute Gasteiger partial charge is 0.371 e. The fourth-order valence-electron chi connectivity index (χ4n) is 3.59. The Labute approximate surface area is 176 Å². The first-order valence-corrected chi connectivity index (χ1v) is 10.7. The highest BCUT2D eigenvalue weighted by Gasteiger charge is 2.28. The van der Waals surface area contributed by atoms with Gasteiger partial charge in [0.15, 0.2) is 5.78 Å². The molecule has 0 radical (unpaired) electrons. The van der Waals surface area contributed by atoms with E-state index < -0.39 is 0 Å². The van der Waals surface area contributed by atoms with E-state index in [9.17, 15) is 9.59 Å². The number of rotatable bonds is 7. The average molecular weight is 451 g/mol. The molecule has 0 spiro atoms. The highest BCUT2D eigenvalue weighted by atomic mass is 79.9. The Hall–Kier alpha value is -1.66. The summed E-state index contributed by atoms with van der Waals surface area (Å²) in [7, 11) is 0. The number of anilines is 1. The number of carbonyl (C=O) groups excluding carboxylic acids is 2. The Bertz CT molecular complexity index is 730. The van der Waals surface area contributed by atoms with Crippen LogP contribution in [0.5, 0.6) is 0 Å². The molecule has 0 atom stereocenters.